The van der Waals surface area contributed by atoms with E-state index in [-0.39, 0.29) is 40.1 Å². The van der Waals surface area contributed by atoms with Crippen molar-refractivity contribution in [3.8, 4) is 11.5 Å². The van der Waals surface area contributed by atoms with Gasteiger partial charge < -0.3 is 19.3 Å². The minimum absolute atomic E-state index is 0.132. The van der Waals surface area contributed by atoms with Crippen LogP contribution in [0.2, 0.25) is 0 Å². The Balaban J connectivity index is 0.000000191. The molecule has 0 spiro atoms. The van der Waals surface area contributed by atoms with Gasteiger partial charge in [0, 0.05) is 32.0 Å². The zero-order valence-electron chi connectivity index (χ0n) is 26.6. The molecule has 222 valence electrons. The number of hydrogen-bond donors (Lipinski definition) is 0. The van der Waals surface area contributed by atoms with Crippen molar-refractivity contribution in [3.05, 3.63) is 70.8 Å². The third-order valence-corrected chi connectivity index (χ3v) is 11.4. The van der Waals surface area contributed by atoms with Gasteiger partial charge in [-0.1, -0.05) is 63.1 Å². The molecule has 2 heterocycles. The van der Waals surface area contributed by atoms with Crippen molar-refractivity contribution < 1.29 is 19.1 Å². The van der Waals surface area contributed by atoms with E-state index in [1.165, 1.54) is 11.1 Å². The van der Waals surface area contributed by atoms with Crippen molar-refractivity contribution >= 4 is 11.8 Å². The molecule has 4 atom stereocenters. The van der Waals surface area contributed by atoms with Crippen molar-refractivity contribution in [1.29, 1.82) is 0 Å². The summed E-state index contributed by atoms with van der Waals surface area (Å²) >= 11 is 0. The van der Waals surface area contributed by atoms with Crippen molar-refractivity contribution in [1.82, 2.24) is 9.80 Å². The molecule has 2 aliphatic heterocycles. The normalized spacial score (nSPS) is 28.5. The lowest BCUT2D eigenvalue weighted by atomic mass is 9.82. The number of amides is 2. The maximum Gasteiger partial charge on any atom is 0.227 e. The highest BCUT2D eigenvalue weighted by Crippen LogP contribution is 2.82. The molecule has 6 heteroatoms. The van der Waals surface area contributed by atoms with Gasteiger partial charge in [-0.25, -0.2) is 0 Å². The topological polar surface area (TPSA) is 59.1 Å². The Hall–Kier alpha value is -3.28. The number of fused-ring (bicyclic) bond motifs is 1. The number of piperidine rings is 1. The molecule has 4 unspecified atom stereocenters. The van der Waals surface area contributed by atoms with Crippen LogP contribution in [0, 0.1) is 16.2 Å². The van der Waals surface area contributed by atoms with E-state index >= 15 is 0 Å². The highest BCUT2D eigenvalue weighted by atomic mass is 16.5. The van der Waals surface area contributed by atoms with Gasteiger partial charge in [0.05, 0.1) is 20.3 Å². The molecule has 2 aromatic carbocycles. The van der Waals surface area contributed by atoms with Crippen LogP contribution in [0.3, 0.4) is 0 Å². The van der Waals surface area contributed by atoms with Crippen molar-refractivity contribution in [2.24, 2.45) is 16.2 Å². The first kappa shape index (κ1) is 30.7. The molecular formula is C35H48N2O4. The van der Waals surface area contributed by atoms with Gasteiger partial charge in [-0.05, 0) is 79.3 Å². The monoisotopic (exact) mass is 560 g/mol. The Bertz CT molecular complexity index is 1310. The maximum absolute atomic E-state index is 12.7. The Morgan fingerprint density at radius 1 is 0.756 bits per heavy atom. The maximum atomic E-state index is 12.7. The third kappa shape index (κ3) is 5.15. The second-order valence-electron chi connectivity index (χ2n) is 13.1. The van der Waals surface area contributed by atoms with Gasteiger partial charge in [-0.3, -0.25) is 9.59 Å². The first-order valence-corrected chi connectivity index (χ1v) is 14.7. The number of methoxy groups -OCH3 is 2. The molecule has 0 radical (unpaired) electrons. The molecule has 1 saturated heterocycles. The summed E-state index contributed by atoms with van der Waals surface area (Å²) in [5, 5.41) is 0. The van der Waals surface area contributed by atoms with Crippen molar-refractivity contribution in [2.45, 2.75) is 93.4 Å². The van der Waals surface area contributed by atoms with E-state index in [0.29, 0.717) is 25.9 Å². The zero-order chi connectivity index (χ0) is 30.3. The van der Waals surface area contributed by atoms with Crippen molar-refractivity contribution in [2.75, 3.05) is 14.2 Å². The summed E-state index contributed by atoms with van der Waals surface area (Å²) in [6, 6.07) is 16.4. The van der Waals surface area contributed by atoms with Gasteiger partial charge >= 0.3 is 0 Å². The Morgan fingerprint density at radius 3 is 1.68 bits per heavy atom. The number of carbonyl (C=O) groups excluding carboxylic acids is 2. The summed E-state index contributed by atoms with van der Waals surface area (Å²) in [6.07, 6.45) is 1.21. The molecule has 1 aliphatic carbocycles. The summed E-state index contributed by atoms with van der Waals surface area (Å²) in [6.45, 7) is 19.1. The number of hydrogen-bond acceptors (Lipinski definition) is 4. The lowest BCUT2D eigenvalue weighted by Crippen LogP contribution is -2.49. The molecule has 41 heavy (non-hydrogen) atoms. The predicted octanol–water partition coefficient (Wildman–Crippen LogP) is 7.02. The minimum atomic E-state index is 0.132. The fraction of sp³-hybridized carbons (Fsp3) is 0.543. The molecule has 2 fully saturated rings. The Labute approximate surface area is 246 Å². The number of ether oxygens (including phenoxy) is 2. The van der Waals surface area contributed by atoms with E-state index in [2.05, 4.69) is 60.3 Å². The van der Waals surface area contributed by atoms with Gasteiger partial charge in [0.15, 0.2) is 0 Å². The molecule has 5 rings (SSSR count). The summed E-state index contributed by atoms with van der Waals surface area (Å²) < 4.78 is 10.3. The average Bonchev–Trinajstić information content (AvgIpc) is 3.31. The van der Waals surface area contributed by atoms with Crippen LogP contribution < -0.4 is 9.47 Å². The average molecular weight is 561 g/mol. The molecule has 0 bridgehead atoms. The van der Waals surface area contributed by atoms with Crippen LogP contribution in [0.5, 0.6) is 11.5 Å². The number of nitrogens with zero attached hydrogens (tertiary/aromatic N) is 2. The quantitative estimate of drug-likeness (QED) is 0.356. The fourth-order valence-corrected chi connectivity index (χ4v) is 7.39. The molecular weight excluding hydrogens is 512 g/mol. The number of carbonyl (C=O) groups is 2. The zero-order valence-corrected chi connectivity index (χ0v) is 26.6. The SMILES string of the molecule is COc1ccc(CN2C(=O)CC(C)=C(C)C2C)cc1.COc1ccc(CN2C(=O)CC3(C)C(C)(C)C3(C)C2C)cc1. The van der Waals surface area contributed by atoms with E-state index in [4.69, 9.17) is 9.47 Å². The summed E-state index contributed by atoms with van der Waals surface area (Å²) in [7, 11) is 3.32. The highest BCUT2D eigenvalue weighted by molar-refractivity contribution is 5.81. The van der Waals surface area contributed by atoms with E-state index in [1.54, 1.807) is 14.2 Å². The van der Waals surface area contributed by atoms with Gasteiger partial charge in [-0.15, -0.1) is 0 Å². The van der Waals surface area contributed by atoms with E-state index in [9.17, 15) is 9.59 Å². The first-order valence-electron chi connectivity index (χ1n) is 14.7. The number of benzene rings is 2. The van der Waals surface area contributed by atoms with Crippen LogP contribution >= 0.6 is 0 Å². The van der Waals surface area contributed by atoms with Gasteiger partial charge in [-0.2, -0.15) is 0 Å². The first-order chi connectivity index (χ1) is 19.2. The second kappa shape index (κ2) is 11.2. The summed E-state index contributed by atoms with van der Waals surface area (Å²) in [4.78, 5) is 28.9. The predicted molar refractivity (Wildman–Crippen MR) is 164 cm³/mol. The molecule has 2 aromatic rings. The summed E-state index contributed by atoms with van der Waals surface area (Å²) in [5.41, 5.74) is 5.36. The van der Waals surface area contributed by atoms with Gasteiger partial charge in [0.2, 0.25) is 11.8 Å². The Morgan fingerprint density at radius 2 is 1.22 bits per heavy atom. The van der Waals surface area contributed by atoms with Crippen LogP contribution in [0.25, 0.3) is 0 Å². The molecule has 0 aromatic heterocycles. The van der Waals surface area contributed by atoms with E-state index in [1.807, 2.05) is 53.4 Å². The molecule has 3 aliphatic rings. The molecule has 2 amide bonds. The van der Waals surface area contributed by atoms with Crippen LogP contribution in [0.1, 0.15) is 79.4 Å². The van der Waals surface area contributed by atoms with Crippen LogP contribution in [0.4, 0.5) is 0 Å². The lowest BCUT2D eigenvalue weighted by molar-refractivity contribution is -0.141. The Kier molecular flexibility index (Phi) is 8.37. The fourth-order valence-electron chi connectivity index (χ4n) is 7.39. The summed E-state index contributed by atoms with van der Waals surface area (Å²) in [5.74, 6) is 2.19. The molecule has 6 nitrogen and oxygen atoms in total. The van der Waals surface area contributed by atoms with Crippen LogP contribution in [-0.2, 0) is 22.7 Å². The number of likely N-dealkylation sites (tertiary alicyclic amines) is 1. The van der Waals surface area contributed by atoms with Gasteiger partial charge in [0.1, 0.15) is 11.5 Å². The van der Waals surface area contributed by atoms with Crippen LogP contribution in [0.15, 0.2) is 59.7 Å². The standard InChI is InChI=1S/C19H27NO2.C16H21NO2/c1-13-19(5)17(2,3)18(19,4)11-16(21)20(13)12-14-7-9-15(22-6)10-8-14;1-11-9-16(18)17(13(3)12(11)2)10-14-5-7-15(19-4)8-6-14/h7-10,13H,11-12H2,1-6H3;5-8,13H,9-10H2,1-4H3. The van der Waals surface area contributed by atoms with Gasteiger partial charge in [0.25, 0.3) is 0 Å². The minimum Gasteiger partial charge on any atom is -0.497 e. The van der Waals surface area contributed by atoms with Crippen molar-refractivity contribution in [3.63, 3.8) is 0 Å². The van der Waals surface area contributed by atoms with E-state index < -0.39 is 0 Å². The molecule has 1 saturated carbocycles. The smallest absolute Gasteiger partial charge is 0.227 e. The van der Waals surface area contributed by atoms with E-state index in [0.717, 1.165) is 22.6 Å². The van der Waals surface area contributed by atoms with Crippen LogP contribution in [-0.4, -0.2) is 47.9 Å². The highest BCUT2D eigenvalue weighted by Gasteiger charge is 2.81. The lowest BCUT2D eigenvalue weighted by Gasteiger charge is -2.41. The largest absolute Gasteiger partial charge is 0.497 e. The molecule has 0 N–H and O–H groups in total. The number of rotatable bonds is 6. The second-order valence-corrected chi connectivity index (χ2v) is 13.1. The third-order valence-electron chi connectivity index (χ3n) is 11.4.